The van der Waals surface area contributed by atoms with Crippen LogP contribution in [0.15, 0.2) is 72.8 Å². The van der Waals surface area contributed by atoms with E-state index in [1.807, 2.05) is 48.5 Å². The number of nitrogens with one attached hydrogen (secondary N) is 1. The quantitative estimate of drug-likeness (QED) is 0.593. The van der Waals surface area contributed by atoms with E-state index in [4.69, 9.17) is 14.2 Å². The van der Waals surface area contributed by atoms with Crippen LogP contribution >= 0.6 is 0 Å². The van der Waals surface area contributed by atoms with Crippen molar-refractivity contribution in [1.29, 1.82) is 0 Å². The molecule has 0 saturated carbocycles. The molecule has 0 fully saturated rings. The number of carbonyl (C=O) groups is 2. The lowest BCUT2D eigenvalue weighted by Gasteiger charge is -2.22. The lowest BCUT2D eigenvalue weighted by atomic mass is 10.1. The van der Waals surface area contributed by atoms with E-state index in [1.165, 1.54) is 0 Å². The molecule has 0 radical (unpaired) electrons. The third-order valence-corrected chi connectivity index (χ3v) is 5.29. The smallest absolute Gasteiger partial charge is 0.263 e. The number of hydrogen-bond acceptors (Lipinski definition) is 5. The van der Waals surface area contributed by atoms with Gasteiger partial charge in [-0.2, -0.15) is 0 Å². The SMILES string of the molecule is COc1cccc(CN2Cc3cc(NC(=O)COc4ccccc4)ccc3O[C@H](C)C2=O)c1. The molecule has 0 saturated heterocycles. The second kappa shape index (κ2) is 10.1. The van der Waals surface area contributed by atoms with E-state index < -0.39 is 6.10 Å². The Labute approximate surface area is 192 Å². The molecular formula is C26H26N2O5. The molecule has 0 aromatic heterocycles. The molecule has 170 valence electrons. The lowest BCUT2D eigenvalue weighted by Crippen LogP contribution is -2.37. The fraction of sp³-hybridized carbons (Fsp3) is 0.231. The van der Waals surface area contributed by atoms with Gasteiger partial charge in [-0.1, -0.05) is 30.3 Å². The van der Waals surface area contributed by atoms with Crippen LogP contribution in [-0.2, 0) is 22.7 Å². The van der Waals surface area contributed by atoms with Gasteiger partial charge in [0.25, 0.3) is 11.8 Å². The van der Waals surface area contributed by atoms with Crippen molar-refractivity contribution < 1.29 is 23.8 Å². The maximum absolute atomic E-state index is 12.9. The Kier molecular flexibility index (Phi) is 6.78. The number of anilines is 1. The molecule has 0 aliphatic carbocycles. The second-order valence-electron chi connectivity index (χ2n) is 7.78. The molecule has 7 heteroatoms. The van der Waals surface area contributed by atoms with Crippen LogP contribution in [0.25, 0.3) is 0 Å². The lowest BCUT2D eigenvalue weighted by molar-refractivity contribution is -0.138. The normalized spacial score (nSPS) is 15.2. The Hall–Kier alpha value is -4.00. The van der Waals surface area contributed by atoms with Crippen LogP contribution in [0.1, 0.15) is 18.1 Å². The molecule has 1 aliphatic heterocycles. The molecule has 4 rings (SSSR count). The molecule has 1 aliphatic rings. The van der Waals surface area contributed by atoms with Crippen LogP contribution < -0.4 is 19.5 Å². The zero-order valence-corrected chi connectivity index (χ0v) is 18.6. The highest BCUT2D eigenvalue weighted by Crippen LogP contribution is 2.29. The predicted octanol–water partition coefficient (Wildman–Crippen LogP) is 4.02. The van der Waals surface area contributed by atoms with Gasteiger partial charge >= 0.3 is 0 Å². The van der Waals surface area contributed by atoms with Crippen molar-refractivity contribution in [2.75, 3.05) is 19.0 Å². The van der Waals surface area contributed by atoms with Gasteiger partial charge in [-0.3, -0.25) is 9.59 Å². The predicted molar refractivity (Wildman–Crippen MR) is 124 cm³/mol. The summed E-state index contributed by atoms with van der Waals surface area (Å²) in [6, 6.07) is 22.2. The number of amides is 2. The Morgan fingerprint density at radius 3 is 2.64 bits per heavy atom. The van der Waals surface area contributed by atoms with Gasteiger partial charge in [-0.15, -0.1) is 0 Å². The Morgan fingerprint density at radius 1 is 1.06 bits per heavy atom. The van der Waals surface area contributed by atoms with Gasteiger partial charge in [0.05, 0.1) is 7.11 Å². The summed E-state index contributed by atoms with van der Waals surface area (Å²) in [6.45, 7) is 2.42. The van der Waals surface area contributed by atoms with E-state index in [2.05, 4.69) is 5.32 Å². The molecular weight excluding hydrogens is 420 g/mol. The van der Waals surface area contributed by atoms with Gasteiger partial charge in [0.1, 0.15) is 17.2 Å². The first-order valence-electron chi connectivity index (χ1n) is 10.7. The third-order valence-electron chi connectivity index (χ3n) is 5.29. The maximum atomic E-state index is 12.9. The molecule has 3 aromatic rings. The van der Waals surface area contributed by atoms with Crippen LogP contribution in [0.3, 0.4) is 0 Å². The van der Waals surface area contributed by atoms with Crippen LogP contribution in [0, 0.1) is 0 Å². The van der Waals surface area contributed by atoms with E-state index in [0.29, 0.717) is 30.3 Å². The van der Waals surface area contributed by atoms with Crippen molar-refractivity contribution in [2.24, 2.45) is 0 Å². The number of para-hydroxylation sites is 1. The Morgan fingerprint density at radius 2 is 1.85 bits per heavy atom. The van der Waals surface area contributed by atoms with E-state index in [1.54, 1.807) is 43.2 Å². The van der Waals surface area contributed by atoms with E-state index >= 15 is 0 Å². The molecule has 7 nitrogen and oxygen atoms in total. The van der Waals surface area contributed by atoms with Crippen LogP contribution in [0.5, 0.6) is 17.2 Å². The molecule has 0 unspecified atom stereocenters. The van der Waals surface area contributed by atoms with Crippen molar-refractivity contribution >= 4 is 17.5 Å². The highest BCUT2D eigenvalue weighted by molar-refractivity contribution is 5.92. The summed E-state index contributed by atoms with van der Waals surface area (Å²) in [7, 11) is 1.61. The average Bonchev–Trinajstić information content (AvgIpc) is 2.94. The summed E-state index contributed by atoms with van der Waals surface area (Å²) in [5.74, 6) is 1.62. The number of methoxy groups -OCH3 is 1. The number of rotatable bonds is 7. The molecule has 0 spiro atoms. The fourth-order valence-electron chi connectivity index (χ4n) is 3.66. The van der Waals surface area contributed by atoms with E-state index in [0.717, 1.165) is 16.9 Å². The Balaban J connectivity index is 1.47. The summed E-state index contributed by atoms with van der Waals surface area (Å²) in [4.78, 5) is 27.0. The Bertz CT molecular complexity index is 1130. The summed E-state index contributed by atoms with van der Waals surface area (Å²) < 4.78 is 16.7. The van der Waals surface area contributed by atoms with Crippen molar-refractivity contribution in [3.05, 3.63) is 83.9 Å². The van der Waals surface area contributed by atoms with Crippen molar-refractivity contribution in [2.45, 2.75) is 26.1 Å². The van der Waals surface area contributed by atoms with E-state index in [9.17, 15) is 9.59 Å². The molecule has 3 aromatic carbocycles. The number of fused-ring (bicyclic) bond motifs is 1. The van der Waals surface area contributed by atoms with Gasteiger partial charge in [-0.25, -0.2) is 0 Å². The molecule has 1 N–H and O–H groups in total. The van der Waals surface area contributed by atoms with Crippen molar-refractivity contribution in [1.82, 2.24) is 4.90 Å². The standard InChI is InChI=1S/C26H26N2O5/c1-18-26(30)28(15-19-7-6-10-23(13-19)31-2)16-20-14-21(11-12-24(20)33-18)27-25(29)17-32-22-8-4-3-5-9-22/h3-14,18H,15-17H2,1-2H3,(H,27,29)/t18-/m1/s1. The molecule has 33 heavy (non-hydrogen) atoms. The zero-order valence-electron chi connectivity index (χ0n) is 18.6. The fourth-order valence-corrected chi connectivity index (χ4v) is 3.66. The minimum Gasteiger partial charge on any atom is -0.497 e. The summed E-state index contributed by atoms with van der Waals surface area (Å²) in [5, 5.41) is 2.85. The van der Waals surface area contributed by atoms with Gasteiger partial charge in [0, 0.05) is 24.3 Å². The van der Waals surface area contributed by atoms with Crippen molar-refractivity contribution in [3.8, 4) is 17.2 Å². The van der Waals surface area contributed by atoms with Crippen molar-refractivity contribution in [3.63, 3.8) is 0 Å². The monoisotopic (exact) mass is 446 g/mol. The maximum Gasteiger partial charge on any atom is 0.263 e. The summed E-state index contributed by atoms with van der Waals surface area (Å²) in [6.07, 6.45) is -0.614. The topological polar surface area (TPSA) is 77.1 Å². The average molecular weight is 447 g/mol. The van der Waals surface area contributed by atoms with Crippen LogP contribution in [0.2, 0.25) is 0 Å². The number of benzene rings is 3. The number of hydrogen-bond donors (Lipinski definition) is 1. The molecule has 2 amide bonds. The summed E-state index contributed by atoms with van der Waals surface area (Å²) in [5.41, 5.74) is 2.39. The zero-order chi connectivity index (χ0) is 23.2. The highest BCUT2D eigenvalue weighted by atomic mass is 16.5. The van der Waals surface area contributed by atoms with Crippen LogP contribution in [0.4, 0.5) is 5.69 Å². The summed E-state index contributed by atoms with van der Waals surface area (Å²) >= 11 is 0. The third kappa shape index (κ3) is 5.63. The minimum absolute atomic E-state index is 0.101. The number of nitrogens with zero attached hydrogens (tertiary/aromatic N) is 1. The van der Waals surface area contributed by atoms with Gasteiger partial charge in [0.2, 0.25) is 0 Å². The second-order valence-corrected chi connectivity index (χ2v) is 7.78. The minimum atomic E-state index is -0.614. The van der Waals surface area contributed by atoms with Gasteiger partial charge in [-0.05, 0) is 55.0 Å². The van der Waals surface area contributed by atoms with Gasteiger partial charge in [0.15, 0.2) is 12.7 Å². The number of carbonyl (C=O) groups excluding carboxylic acids is 2. The van der Waals surface area contributed by atoms with Gasteiger partial charge < -0.3 is 24.4 Å². The first kappa shape index (κ1) is 22.2. The molecule has 1 atom stereocenters. The first-order valence-corrected chi connectivity index (χ1v) is 10.7. The number of ether oxygens (including phenoxy) is 3. The molecule has 1 heterocycles. The van der Waals surface area contributed by atoms with E-state index in [-0.39, 0.29) is 18.4 Å². The molecule has 0 bridgehead atoms. The highest BCUT2D eigenvalue weighted by Gasteiger charge is 2.28. The van der Waals surface area contributed by atoms with Crippen LogP contribution in [-0.4, -0.2) is 36.5 Å². The first-order chi connectivity index (χ1) is 16.0. The largest absolute Gasteiger partial charge is 0.497 e.